The number of benzene rings is 1. The highest BCUT2D eigenvalue weighted by Crippen LogP contribution is 2.18. The molecule has 0 bridgehead atoms. The molecule has 158 valence electrons. The number of nitrogens with two attached hydrogens (primary N) is 1. The number of methoxy groups -OCH3 is 1. The summed E-state index contributed by atoms with van der Waals surface area (Å²) in [6.45, 7) is 0.234. The molecule has 2 aromatic rings. The van der Waals surface area contributed by atoms with Crippen LogP contribution < -0.4 is 5.73 Å². The smallest absolute Gasteiger partial charge is 0.325 e. The molecule has 10 nitrogen and oxygen atoms in total. The lowest BCUT2D eigenvalue weighted by atomic mass is 10.1. The van der Waals surface area contributed by atoms with Crippen LogP contribution in [0.1, 0.15) is 16.2 Å². The zero-order valence-corrected chi connectivity index (χ0v) is 17.0. The number of rotatable bonds is 5. The van der Waals surface area contributed by atoms with Gasteiger partial charge in [-0.05, 0) is 5.56 Å². The summed E-state index contributed by atoms with van der Waals surface area (Å²) in [5, 5.41) is 7.41. The zero-order chi connectivity index (χ0) is 21.0. The number of carbonyl (C=O) groups is 3. The highest BCUT2D eigenvalue weighted by atomic mass is 35.5. The Hall–Kier alpha value is -3.53. The van der Waals surface area contributed by atoms with E-state index >= 15 is 0 Å². The van der Waals surface area contributed by atoms with Crippen molar-refractivity contribution in [3.05, 3.63) is 48.0 Å². The maximum Gasteiger partial charge on any atom is 0.325 e. The first kappa shape index (κ1) is 22.8. The van der Waals surface area contributed by atoms with Gasteiger partial charge in [-0.15, -0.1) is 12.4 Å². The molecule has 30 heavy (non-hydrogen) atoms. The van der Waals surface area contributed by atoms with E-state index in [4.69, 9.17) is 11.1 Å². The van der Waals surface area contributed by atoms with Gasteiger partial charge < -0.3 is 20.3 Å². The van der Waals surface area contributed by atoms with Gasteiger partial charge in [0.2, 0.25) is 11.7 Å². The number of amidine groups is 1. The van der Waals surface area contributed by atoms with Gasteiger partial charge in [-0.1, -0.05) is 24.3 Å². The third-order valence-electron chi connectivity index (χ3n) is 4.53. The molecule has 1 saturated heterocycles. The second kappa shape index (κ2) is 9.79. The normalized spacial score (nSPS) is 13.4. The molecule has 1 aliphatic rings. The Morgan fingerprint density at radius 2 is 1.77 bits per heavy atom. The number of piperazine rings is 1. The third kappa shape index (κ3) is 5.09. The Morgan fingerprint density at radius 3 is 2.30 bits per heavy atom. The predicted molar refractivity (Wildman–Crippen MR) is 110 cm³/mol. The number of amides is 2. The molecule has 0 unspecified atom stereocenters. The molecule has 0 saturated carbocycles. The van der Waals surface area contributed by atoms with Gasteiger partial charge in [-0.3, -0.25) is 19.8 Å². The predicted octanol–water partition coefficient (Wildman–Crippen LogP) is 0.307. The lowest BCUT2D eigenvalue weighted by Gasteiger charge is -2.33. The van der Waals surface area contributed by atoms with Gasteiger partial charge in [-0.25, -0.2) is 9.97 Å². The number of nitrogens with zero attached hydrogens (tertiary/aromatic N) is 4. The van der Waals surface area contributed by atoms with E-state index in [1.807, 2.05) is 0 Å². The fourth-order valence-electron chi connectivity index (χ4n) is 2.84. The van der Waals surface area contributed by atoms with Crippen molar-refractivity contribution in [3.8, 4) is 11.1 Å². The molecule has 2 heterocycles. The lowest BCUT2D eigenvalue weighted by molar-refractivity contribution is -0.148. The summed E-state index contributed by atoms with van der Waals surface area (Å²) in [6, 6.07) is 7.01. The number of aromatic nitrogens is 2. The van der Waals surface area contributed by atoms with Crippen LogP contribution in [0.3, 0.4) is 0 Å². The molecule has 11 heteroatoms. The van der Waals surface area contributed by atoms with Crippen LogP contribution in [0.4, 0.5) is 0 Å². The third-order valence-corrected chi connectivity index (χ3v) is 4.53. The quantitative estimate of drug-likeness (QED) is 0.393. The Morgan fingerprint density at radius 1 is 1.13 bits per heavy atom. The largest absolute Gasteiger partial charge is 0.468 e. The average molecular weight is 433 g/mol. The van der Waals surface area contributed by atoms with Crippen LogP contribution in [0.15, 0.2) is 36.7 Å². The minimum absolute atomic E-state index is 0. The van der Waals surface area contributed by atoms with Crippen molar-refractivity contribution in [1.82, 2.24) is 19.8 Å². The van der Waals surface area contributed by atoms with Crippen LogP contribution in [0, 0.1) is 5.41 Å². The highest BCUT2D eigenvalue weighted by Gasteiger charge is 2.30. The highest BCUT2D eigenvalue weighted by molar-refractivity contribution is 5.96. The molecule has 0 aliphatic carbocycles. The summed E-state index contributed by atoms with van der Waals surface area (Å²) in [7, 11) is 1.26. The van der Waals surface area contributed by atoms with Gasteiger partial charge in [0.1, 0.15) is 18.9 Å². The van der Waals surface area contributed by atoms with E-state index in [-0.39, 0.29) is 56.2 Å². The summed E-state index contributed by atoms with van der Waals surface area (Å²) < 4.78 is 4.56. The number of halogens is 1. The van der Waals surface area contributed by atoms with Gasteiger partial charge in [0.05, 0.1) is 7.11 Å². The summed E-state index contributed by atoms with van der Waals surface area (Å²) in [5.74, 6) is -1.32. The molecule has 1 aliphatic heterocycles. The van der Waals surface area contributed by atoms with Crippen LogP contribution in [-0.4, -0.2) is 76.7 Å². The van der Waals surface area contributed by atoms with E-state index in [1.165, 1.54) is 29.3 Å². The van der Waals surface area contributed by atoms with Crippen molar-refractivity contribution < 1.29 is 19.1 Å². The molecule has 1 aromatic carbocycles. The van der Waals surface area contributed by atoms with Crippen LogP contribution in [0.5, 0.6) is 0 Å². The molecule has 3 rings (SSSR count). The molecule has 1 aromatic heterocycles. The number of carbonyl (C=O) groups excluding carboxylic acids is 3. The molecule has 2 amide bonds. The van der Waals surface area contributed by atoms with Gasteiger partial charge in [0.15, 0.2) is 0 Å². The lowest BCUT2D eigenvalue weighted by Crippen LogP contribution is -2.53. The number of hydrogen-bond acceptors (Lipinski definition) is 7. The fourth-order valence-corrected chi connectivity index (χ4v) is 2.84. The topological polar surface area (TPSA) is 143 Å². The maximum atomic E-state index is 12.6. The number of nitrogen functional groups attached to an aromatic ring is 1. The molecule has 0 radical (unpaired) electrons. The molecular weight excluding hydrogens is 412 g/mol. The fraction of sp³-hybridized carbons (Fsp3) is 0.263. The first-order valence-electron chi connectivity index (χ1n) is 8.79. The van der Waals surface area contributed by atoms with E-state index < -0.39 is 11.9 Å². The standard InChI is InChI=1S/C19H20N6O4.ClH/c1-29-16(27)11-24-6-7-25(10-15(24)26)19(28)18-22-8-14(9-23-18)12-2-4-13(5-3-12)17(20)21;/h2-5,8-9H,6-7,10-11H2,1H3,(H3,20,21);1H. The number of ether oxygens (including phenoxy) is 1. The average Bonchev–Trinajstić information content (AvgIpc) is 2.74. The van der Waals surface area contributed by atoms with E-state index in [0.717, 1.165) is 5.56 Å². The number of hydrogen-bond donors (Lipinski definition) is 2. The van der Waals surface area contributed by atoms with Crippen molar-refractivity contribution in [2.24, 2.45) is 5.73 Å². The maximum absolute atomic E-state index is 12.6. The van der Waals surface area contributed by atoms with Crippen LogP contribution in [0.2, 0.25) is 0 Å². The van der Waals surface area contributed by atoms with E-state index in [1.54, 1.807) is 24.3 Å². The second-order valence-electron chi connectivity index (χ2n) is 6.40. The first-order chi connectivity index (χ1) is 13.9. The first-order valence-corrected chi connectivity index (χ1v) is 8.79. The van der Waals surface area contributed by atoms with Crippen LogP contribution in [0.25, 0.3) is 11.1 Å². The molecule has 1 fully saturated rings. The Labute approximate surface area is 179 Å². The second-order valence-corrected chi connectivity index (χ2v) is 6.40. The van der Waals surface area contributed by atoms with E-state index in [2.05, 4.69) is 14.7 Å². The van der Waals surface area contributed by atoms with Gasteiger partial charge in [0.25, 0.3) is 5.91 Å². The summed E-state index contributed by atoms with van der Waals surface area (Å²) in [6.07, 6.45) is 3.05. The van der Waals surface area contributed by atoms with Gasteiger partial charge in [0, 0.05) is 36.6 Å². The number of nitrogens with one attached hydrogen (secondary N) is 1. The summed E-state index contributed by atoms with van der Waals surface area (Å²) in [5.41, 5.74) is 7.58. The molecular formula is C19H21ClN6O4. The van der Waals surface area contributed by atoms with Crippen molar-refractivity contribution in [2.75, 3.05) is 33.3 Å². The summed E-state index contributed by atoms with van der Waals surface area (Å²) >= 11 is 0. The SMILES string of the molecule is COC(=O)CN1CCN(C(=O)c2ncc(-c3ccc(C(=N)N)cc3)cn2)CC1=O.Cl. The molecule has 0 atom stereocenters. The van der Waals surface area contributed by atoms with Crippen molar-refractivity contribution >= 4 is 36.0 Å². The van der Waals surface area contributed by atoms with Crippen LogP contribution >= 0.6 is 12.4 Å². The van der Waals surface area contributed by atoms with Gasteiger partial charge >= 0.3 is 5.97 Å². The summed E-state index contributed by atoms with van der Waals surface area (Å²) in [4.78, 5) is 47.1. The van der Waals surface area contributed by atoms with E-state index in [0.29, 0.717) is 11.1 Å². The van der Waals surface area contributed by atoms with Crippen molar-refractivity contribution in [3.63, 3.8) is 0 Å². The molecule has 0 spiro atoms. The van der Waals surface area contributed by atoms with Crippen molar-refractivity contribution in [1.29, 1.82) is 5.41 Å². The Balaban J connectivity index is 0.00000320. The van der Waals surface area contributed by atoms with E-state index in [9.17, 15) is 14.4 Å². The van der Waals surface area contributed by atoms with Crippen molar-refractivity contribution in [2.45, 2.75) is 0 Å². The number of esters is 1. The monoisotopic (exact) mass is 432 g/mol. The minimum atomic E-state index is -0.506. The van der Waals surface area contributed by atoms with Crippen LogP contribution in [-0.2, 0) is 14.3 Å². The Bertz CT molecular complexity index is 949. The Kier molecular flexibility index (Phi) is 7.43. The molecule has 3 N–H and O–H groups in total. The zero-order valence-electron chi connectivity index (χ0n) is 16.2. The minimum Gasteiger partial charge on any atom is -0.468 e. The van der Waals surface area contributed by atoms with Gasteiger partial charge in [-0.2, -0.15) is 0 Å².